The maximum Gasteiger partial charge on any atom is 0.410 e. The molecule has 1 aliphatic rings. The van der Waals surface area contributed by atoms with E-state index in [2.05, 4.69) is 41.3 Å². The Morgan fingerprint density at radius 2 is 1.56 bits per heavy atom. The van der Waals surface area contributed by atoms with Gasteiger partial charge in [-0.3, -0.25) is 43.7 Å². The molecular formula is C57H62N14O8. The van der Waals surface area contributed by atoms with Crippen LogP contribution in [0.1, 0.15) is 75.0 Å². The standard InChI is InChI=1S/C57H62N14O8/c1-36(2)51(68-48(72)19-5-4-10-30-70-49(73)26-27-50(70)74)55(76)65-45(18-12-29-60-56(58)77)54(75)64-41-23-20-38(21-24-41)34-79-57(78)69(31-39-14-6-7-15-42(39)43-16-8-9-28-59-43)33-46-66-52(40-22-25-47-61-35-62-71(47)32-40)53(67-46)44-17-11-13-37(3)63-44/h6-9,11,13-17,20-28,32,35-36,45,51H,4-5,10,12,18-19,29-31,33-34H2,1-3H3,(H,64,75)(H,65,76)(H,66,67)(H,68,72)(H3,58,60,77). The van der Waals surface area contributed by atoms with Crippen LogP contribution in [0.2, 0.25) is 0 Å². The van der Waals surface area contributed by atoms with E-state index in [-0.39, 0.29) is 75.7 Å². The van der Waals surface area contributed by atoms with Crippen LogP contribution in [0.15, 0.2) is 128 Å². The van der Waals surface area contributed by atoms with E-state index in [0.29, 0.717) is 59.1 Å². The number of ether oxygens (including phenoxy) is 1. The number of hydrogen-bond acceptors (Lipinski definition) is 13. The lowest BCUT2D eigenvalue weighted by molar-refractivity contribution is -0.137. The molecule has 5 aromatic heterocycles. The third-order valence-electron chi connectivity index (χ3n) is 13.0. The first-order valence-electron chi connectivity index (χ1n) is 26.0. The fourth-order valence-corrected chi connectivity index (χ4v) is 8.89. The number of urea groups is 1. The number of imidazole rings is 1. The normalized spacial score (nSPS) is 12.8. The predicted octanol–water partition coefficient (Wildman–Crippen LogP) is 6.39. The van der Waals surface area contributed by atoms with Gasteiger partial charge < -0.3 is 36.7 Å². The van der Waals surface area contributed by atoms with Gasteiger partial charge in [0.1, 0.15) is 30.8 Å². The number of unbranched alkanes of at least 4 members (excludes halogenated alkanes) is 2. The first-order valence-corrected chi connectivity index (χ1v) is 26.0. The number of nitrogens with two attached hydrogens (primary N) is 1. The average molecular weight is 1070 g/mol. The molecule has 2 unspecified atom stereocenters. The second kappa shape index (κ2) is 26.4. The fourth-order valence-electron chi connectivity index (χ4n) is 8.89. The Morgan fingerprint density at radius 1 is 0.785 bits per heavy atom. The minimum atomic E-state index is -1.08. The number of nitrogens with zero attached hydrogens (tertiary/aromatic N) is 8. The second-order valence-corrected chi connectivity index (χ2v) is 19.3. The fraction of sp³-hybridized carbons (Fsp3) is 0.298. The summed E-state index contributed by atoms with van der Waals surface area (Å²) in [5.41, 5.74) is 12.8. The number of anilines is 1. The molecule has 0 saturated heterocycles. The van der Waals surface area contributed by atoms with E-state index in [0.717, 1.165) is 33.0 Å². The summed E-state index contributed by atoms with van der Waals surface area (Å²) in [6.07, 6.45) is 8.93. The number of rotatable bonds is 25. The maximum atomic E-state index is 14.4. The van der Waals surface area contributed by atoms with Crippen molar-refractivity contribution in [1.29, 1.82) is 0 Å². The molecular weight excluding hydrogens is 1010 g/mol. The molecule has 1 aliphatic heterocycles. The van der Waals surface area contributed by atoms with Crippen molar-refractivity contribution >= 4 is 53.0 Å². The van der Waals surface area contributed by atoms with Crippen molar-refractivity contribution in [2.75, 3.05) is 18.4 Å². The van der Waals surface area contributed by atoms with Gasteiger partial charge in [0.25, 0.3) is 11.8 Å². The van der Waals surface area contributed by atoms with Crippen molar-refractivity contribution in [3.63, 3.8) is 0 Å². The summed E-state index contributed by atoms with van der Waals surface area (Å²) >= 11 is 0. The number of nitrogens with one attached hydrogen (secondary N) is 5. The highest BCUT2D eigenvalue weighted by Gasteiger charge is 2.30. The molecule has 79 heavy (non-hydrogen) atoms. The number of aromatic amines is 1. The summed E-state index contributed by atoms with van der Waals surface area (Å²) in [6, 6.07) is 26.7. The zero-order chi connectivity index (χ0) is 55.8. The summed E-state index contributed by atoms with van der Waals surface area (Å²) < 4.78 is 7.67. The van der Waals surface area contributed by atoms with E-state index >= 15 is 0 Å². The number of carbonyl (C=O) groups is 7. The number of aryl methyl sites for hydroxylation is 1. The zero-order valence-corrected chi connectivity index (χ0v) is 44.1. The molecule has 0 radical (unpaired) electrons. The van der Waals surface area contributed by atoms with Crippen LogP contribution < -0.4 is 27.0 Å². The molecule has 0 fully saturated rings. The lowest BCUT2D eigenvalue weighted by atomic mass is 10.0. The number of pyridine rings is 3. The molecule has 0 aliphatic carbocycles. The number of fused-ring (bicyclic) bond motifs is 1. The molecule has 0 saturated carbocycles. The van der Waals surface area contributed by atoms with Gasteiger partial charge in [-0.05, 0) is 98.2 Å². The Morgan fingerprint density at radius 3 is 2.30 bits per heavy atom. The van der Waals surface area contributed by atoms with Crippen molar-refractivity contribution in [1.82, 2.24) is 60.3 Å². The first kappa shape index (κ1) is 55.6. The SMILES string of the molecule is Cc1cccc(-c2[nH]c(CN(Cc3ccccc3-c3ccccn3)C(=O)OCc3ccc(NC(=O)C(CCCNC(N)=O)NC(=O)C(NC(=O)CCCCCN4C(=O)C=CC4=O)C(C)C)cc3)nc2-c2ccc3ncnn3c2)n1. The van der Waals surface area contributed by atoms with Gasteiger partial charge in [-0.25, -0.2) is 24.1 Å². The third-order valence-corrected chi connectivity index (χ3v) is 13.0. The van der Waals surface area contributed by atoms with Gasteiger partial charge in [0.15, 0.2) is 5.65 Å². The highest BCUT2D eigenvalue weighted by Crippen LogP contribution is 2.31. The molecule has 408 valence electrons. The molecule has 8 rings (SSSR count). The lowest BCUT2D eigenvalue weighted by Crippen LogP contribution is -2.54. The summed E-state index contributed by atoms with van der Waals surface area (Å²) in [7, 11) is 0. The number of amides is 8. The Hall–Kier alpha value is -9.60. The quantitative estimate of drug-likeness (QED) is 0.0268. The summed E-state index contributed by atoms with van der Waals surface area (Å²) in [5, 5.41) is 15.2. The Bertz CT molecular complexity index is 3320. The molecule has 22 heteroatoms. The largest absolute Gasteiger partial charge is 0.445 e. The molecule has 0 bridgehead atoms. The molecule has 0 spiro atoms. The van der Waals surface area contributed by atoms with E-state index < -0.39 is 36.0 Å². The maximum absolute atomic E-state index is 14.4. The van der Waals surface area contributed by atoms with Gasteiger partial charge in [0.2, 0.25) is 17.7 Å². The number of H-pyrrole nitrogens is 1. The van der Waals surface area contributed by atoms with Crippen LogP contribution in [0.5, 0.6) is 0 Å². The van der Waals surface area contributed by atoms with Crippen LogP contribution in [-0.4, -0.2) is 111 Å². The van der Waals surface area contributed by atoms with E-state index in [1.165, 1.54) is 18.5 Å². The molecule has 7 aromatic rings. The third kappa shape index (κ3) is 15.1. The minimum Gasteiger partial charge on any atom is -0.445 e. The van der Waals surface area contributed by atoms with E-state index in [9.17, 15) is 33.6 Å². The van der Waals surface area contributed by atoms with Crippen LogP contribution in [-0.2, 0) is 48.4 Å². The Kier molecular flexibility index (Phi) is 18.6. The molecule has 6 heterocycles. The summed E-state index contributed by atoms with van der Waals surface area (Å²) in [4.78, 5) is 115. The van der Waals surface area contributed by atoms with Gasteiger partial charge in [0, 0.05) is 66.6 Å². The summed E-state index contributed by atoms with van der Waals surface area (Å²) in [6.45, 7) is 5.86. The van der Waals surface area contributed by atoms with Crippen molar-refractivity contribution < 1.29 is 38.3 Å². The van der Waals surface area contributed by atoms with Gasteiger partial charge >= 0.3 is 12.1 Å². The van der Waals surface area contributed by atoms with E-state index in [1.54, 1.807) is 53.7 Å². The van der Waals surface area contributed by atoms with Gasteiger partial charge in [0.05, 0.1) is 35.9 Å². The number of aromatic nitrogens is 7. The van der Waals surface area contributed by atoms with Crippen LogP contribution in [0, 0.1) is 12.8 Å². The van der Waals surface area contributed by atoms with Crippen molar-refractivity contribution in [3.8, 4) is 33.9 Å². The Balaban J connectivity index is 0.939. The van der Waals surface area contributed by atoms with Gasteiger partial charge in [-0.2, -0.15) is 5.10 Å². The zero-order valence-electron chi connectivity index (χ0n) is 44.1. The van der Waals surface area contributed by atoms with Crippen LogP contribution >= 0.6 is 0 Å². The number of benzene rings is 2. The Labute approximate surface area is 455 Å². The number of carbonyl (C=O) groups excluding carboxylic acids is 7. The monoisotopic (exact) mass is 1070 g/mol. The van der Waals surface area contributed by atoms with Crippen LogP contribution in [0.4, 0.5) is 15.3 Å². The van der Waals surface area contributed by atoms with Gasteiger partial charge in [-0.15, -0.1) is 0 Å². The van der Waals surface area contributed by atoms with Crippen molar-refractivity contribution in [3.05, 3.63) is 151 Å². The first-order chi connectivity index (χ1) is 38.2. The van der Waals surface area contributed by atoms with E-state index in [4.69, 9.17) is 20.4 Å². The smallest absolute Gasteiger partial charge is 0.410 e. The number of primary amides is 1. The van der Waals surface area contributed by atoms with E-state index in [1.807, 2.05) is 85.9 Å². The lowest BCUT2D eigenvalue weighted by Gasteiger charge is -2.25. The van der Waals surface area contributed by atoms with Gasteiger partial charge in [-0.1, -0.05) is 68.8 Å². The topological polar surface area (TPSA) is 294 Å². The minimum absolute atomic E-state index is 0.0123. The second-order valence-electron chi connectivity index (χ2n) is 19.3. The molecule has 22 nitrogen and oxygen atoms in total. The number of hydrogen-bond donors (Lipinski definition) is 6. The predicted molar refractivity (Wildman–Crippen MR) is 293 cm³/mol. The van der Waals surface area contributed by atoms with Crippen molar-refractivity contribution in [2.24, 2.45) is 11.7 Å². The molecule has 7 N–H and O–H groups in total. The molecule has 2 atom stereocenters. The van der Waals surface area contributed by atoms with Crippen LogP contribution in [0.3, 0.4) is 0 Å². The number of imide groups is 1. The average Bonchev–Trinajstić information content (AvgIpc) is 4.34. The van der Waals surface area contributed by atoms with Crippen LogP contribution in [0.25, 0.3) is 39.5 Å². The summed E-state index contributed by atoms with van der Waals surface area (Å²) in [5.74, 6) is -2.08. The highest BCUT2D eigenvalue weighted by atomic mass is 16.6. The molecule has 8 amide bonds. The molecule has 2 aromatic carbocycles. The highest BCUT2D eigenvalue weighted by molar-refractivity contribution is 6.12. The van der Waals surface area contributed by atoms with Crippen molar-refractivity contribution in [2.45, 2.75) is 91.1 Å².